The Morgan fingerprint density at radius 2 is 1.42 bits per heavy atom. The Kier molecular flexibility index (Phi) is 5.97. The van der Waals surface area contributed by atoms with Crippen molar-refractivity contribution in [3.8, 4) is 16.9 Å². The van der Waals surface area contributed by atoms with E-state index in [1.165, 1.54) is 15.4 Å². The Balaban J connectivity index is 1.76. The van der Waals surface area contributed by atoms with Crippen molar-refractivity contribution >= 4 is 11.8 Å². The maximum absolute atomic E-state index is 5.95. The molecule has 24 heavy (non-hydrogen) atoms. The summed E-state index contributed by atoms with van der Waals surface area (Å²) in [4.78, 5) is 2.50. The van der Waals surface area contributed by atoms with Gasteiger partial charge in [0.1, 0.15) is 5.75 Å². The summed E-state index contributed by atoms with van der Waals surface area (Å²) < 4.78 is 5.95. The van der Waals surface area contributed by atoms with Crippen molar-refractivity contribution in [2.75, 3.05) is 6.61 Å². The summed E-state index contributed by atoms with van der Waals surface area (Å²) in [5, 5.41) is 0. The lowest BCUT2D eigenvalue weighted by Gasteiger charge is -2.12. The van der Waals surface area contributed by atoms with E-state index in [0.29, 0.717) is 0 Å². The van der Waals surface area contributed by atoms with Crippen LogP contribution in [0.1, 0.15) is 19.8 Å². The smallest absolute Gasteiger partial charge is 0.127 e. The monoisotopic (exact) mass is 334 g/mol. The minimum absolute atomic E-state index is 0.773. The van der Waals surface area contributed by atoms with Gasteiger partial charge in [-0.1, -0.05) is 73.6 Å². The molecule has 0 aliphatic heterocycles. The van der Waals surface area contributed by atoms with Gasteiger partial charge < -0.3 is 4.74 Å². The average Bonchev–Trinajstić information content (AvgIpc) is 2.64. The van der Waals surface area contributed by atoms with Gasteiger partial charge in [-0.3, -0.25) is 0 Å². The summed E-state index contributed by atoms with van der Waals surface area (Å²) in [5.41, 5.74) is 2.35. The Bertz CT molecular complexity index is 750. The molecule has 0 radical (unpaired) electrons. The molecule has 2 heteroatoms. The standard InChI is InChI=1S/C22H22OS/c1-2-3-17-23-22-12-8-7-11-21(22)18-13-15-20(16-14-18)24-19-9-5-4-6-10-19/h4-16H,2-3,17H2,1H3. The van der Waals surface area contributed by atoms with Crippen molar-refractivity contribution in [2.24, 2.45) is 0 Å². The van der Waals surface area contributed by atoms with E-state index < -0.39 is 0 Å². The van der Waals surface area contributed by atoms with Crippen LogP contribution in [0.25, 0.3) is 11.1 Å². The van der Waals surface area contributed by atoms with Crippen molar-refractivity contribution < 1.29 is 4.74 Å². The van der Waals surface area contributed by atoms with Crippen LogP contribution in [0.5, 0.6) is 5.75 Å². The molecule has 0 saturated heterocycles. The van der Waals surface area contributed by atoms with Crippen molar-refractivity contribution in [3.63, 3.8) is 0 Å². The molecular formula is C22H22OS. The van der Waals surface area contributed by atoms with Gasteiger partial charge in [0.05, 0.1) is 6.61 Å². The lowest BCUT2D eigenvalue weighted by atomic mass is 10.0. The van der Waals surface area contributed by atoms with Crippen LogP contribution in [0.15, 0.2) is 88.7 Å². The molecule has 1 nitrogen and oxygen atoms in total. The maximum Gasteiger partial charge on any atom is 0.127 e. The molecule has 0 bridgehead atoms. The molecule has 0 heterocycles. The van der Waals surface area contributed by atoms with Crippen LogP contribution in [-0.4, -0.2) is 6.61 Å². The van der Waals surface area contributed by atoms with Crippen LogP contribution in [0.4, 0.5) is 0 Å². The maximum atomic E-state index is 5.95. The zero-order valence-electron chi connectivity index (χ0n) is 13.9. The molecule has 3 aromatic carbocycles. The van der Waals surface area contributed by atoms with E-state index in [9.17, 15) is 0 Å². The van der Waals surface area contributed by atoms with Crippen LogP contribution >= 0.6 is 11.8 Å². The Hall–Kier alpha value is -2.19. The fourth-order valence-electron chi connectivity index (χ4n) is 2.48. The average molecular weight is 334 g/mol. The van der Waals surface area contributed by atoms with Gasteiger partial charge in [-0.15, -0.1) is 0 Å². The van der Waals surface area contributed by atoms with E-state index in [1.807, 2.05) is 12.1 Å². The Labute approximate surface area is 148 Å². The molecule has 0 fully saturated rings. The van der Waals surface area contributed by atoms with E-state index in [2.05, 4.69) is 73.7 Å². The van der Waals surface area contributed by atoms with Crippen molar-refractivity contribution in [2.45, 2.75) is 29.6 Å². The Morgan fingerprint density at radius 3 is 2.17 bits per heavy atom. The molecule has 0 aliphatic carbocycles. The van der Waals surface area contributed by atoms with Crippen LogP contribution in [0, 0.1) is 0 Å². The summed E-state index contributed by atoms with van der Waals surface area (Å²) in [6, 6.07) is 27.4. The van der Waals surface area contributed by atoms with E-state index in [-0.39, 0.29) is 0 Å². The second-order valence-corrected chi connectivity index (χ2v) is 6.78. The fourth-order valence-corrected chi connectivity index (χ4v) is 3.32. The summed E-state index contributed by atoms with van der Waals surface area (Å²) in [6.07, 6.45) is 2.23. The van der Waals surface area contributed by atoms with Crippen molar-refractivity contribution in [3.05, 3.63) is 78.9 Å². The number of rotatable bonds is 7. The molecule has 0 unspecified atom stereocenters. The highest BCUT2D eigenvalue weighted by molar-refractivity contribution is 7.99. The van der Waals surface area contributed by atoms with Gasteiger partial charge in [0.25, 0.3) is 0 Å². The summed E-state index contributed by atoms with van der Waals surface area (Å²) in [7, 11) is 0. The first kappa shape index (κ1) is 16.7. The van der Waals surface area contributed by atoms with Crippen LogP contribution in [0.2, 0.25) is 0 Å². The highest BCUT2D eigenvalue weighted by atomic mass is 32.2. The van der Waals surface area contributed by atoms with Crippen LogP contribution in [-0.2, 0) is 0 Å². The lowest BCUT2D eigenvalue weighted by Crippen LogP contribution is -1.97. The molecule has 0 aliphatic rings. The summed E-state index contributed by atoms with van der Waals surface area (Å²) >= 11 is 1.78. The highest BCUT2D eigenvalue weighted by Crippen LogP contribution is 2.33. The topological polar surface area (TPSA) is 9.23 Å². The molecule has 3 rings (SSSR count). The molecule has 0 aromatic heterocycles. The van der Waals surface area contributed by atoms with Gasteiger partial charge in [-0.25, -0.2) is 0 Å². The number of ether oxygens (including phenoxy) is 1. The van der Waals surface area contributed by atoms with E-state index >= 15 is 0 Å². The SMILES string of the molecule is CCCCOc1ccccc1-c1ccc(Sc2ccccc2)cc1. The number of hydrogen-bond donors (Lipinski definition) is 0. The van der Waals surface area contributed by atoms with E-state index in [4.69, 9.17) is 4.74 Å². The normalized spacial score (nSPS) is 10.5. The molecule has 0 N–H and O–H groups in total. The van der Waals surface area contributed by atoms with Crippen LogP contribution < -0.4 is 4.74 Å². The first-order chi connectivity index (χ1) is 11.9. The molecule has 0 spiro atoms. The molecule has 122 valence electrons. The second-order valence-electron chi connectivity index (χ2n) is 5.64. The highest BCUT2D eigenvalue weighted by Gasteiger charge is 2.06. The van der Waals surface area contributed by atoms with Gasteiger partial charge in [-0.2, -0.15) is 0 Å². The molecule has 3 aromatic rings. The van der Waals surface area contributed by atoms with Crippen molar-refractivity contribution in [1.29, 1.82) is 0 Å². The molecule has 0 atom stereocenters. The fraction of sp³-hybridized carbons (Fsp3) is 0.182. The van der Waals surface area contributed by atoms with Gasteiger partial charge in [-0.05, 0) is 42.3 Å². The second kappa shape index (κ2) is 8.60. The molecule has 0 amide bonds. The van der Waals surface area contributed by atoms with Crippen molar-refractivity contribution in [1.82, 2.24) is 0 Å². The minimum atomic E-state index is 0.773. The third-order valence-corrected chi connectivity index (χ3v) is 4.80. The zero-order chi connectivity index (χ0) is 16.6. The predicted octanol–water partition coefficient (Wildman–Crippen LogP) is 6.68. The zero-order valence-corrected chi connectivity index (χ0v) is 14.8. The predicted molar refractivity (Wildman–Crippen MR) is 103 cm³/mol. The largest absolute Gasteiger partial charge is 0.493 e. The first-order valence-electron chi connectivity index (χ1n) is 8.42. The number of para-hydroxylation sites is 1. The third-order valence-electron chi connectivity index (χ3n) is 3.79. The van der Waals surface area contributed by atoms with Gasteiger partial charge in [0, 0.05) is 15.4 Å². The third kappa shape index (κ3) is 4.42. The molecular weight excluding hydrogens is 312 g/mol. The Morgan fingerprint density at radius 1 is 0.750 bits per heavy atom. The van der Waals surface area contributed by atoms with Crippen LogP contribution in [0.3, 0.4) is 0 Å². The number of benzene rings is 3. The van der Waals surface area contributed by atoms with E-state index in [1.54, 1.807) is 11.8 Å². The van der Waals surface area contributed by atoms with Gasteiger partial charge >= 0.3 is 0 Å². The number of hydrogen-bond acceptors (Lipinski definition) is 2. The van der Waals surface area contributed by atoms with Gasteiger partial charge in [0.2, 0.25) is 0 Å². The van der Waals surface area contributed by atoms with Gasteiger partial charge in [0.15, 0.2) is 0 Å². The summed E-state index contributed by atoms with van der Waals surface area (Å²) in [5.74, 6) is 0.967. The minimum Gasteiger partial charge on any atom is -0.493 e. The summed E-state index contributed by atoms with van der Waals surface area (Å²) in [6.45, 7) is 2.95. The van der Waals surface area contributed by atoms with E-state index in [0.717, 1.165) is 30.8 Å². The first-order valence-corrected chi connectivity index (χ1v) is 9.23. The number of unbranched alkanes of at least 4 members (excludes halogenated alkanes) is 1. The quantitative estimate of drug-likeness (QED) is 0.445. The molecule has 0 saturated carbocycles. The lowest BCUT2D eigenvalue weighted by molar-refractivity contribution is 0.310.